The fraction of sp³-hybridized carbons (Fsp3) is 0.467. The summed E-state index contributed by atoms with van der Waals surface area (Å²) in [5.41, 5.74) is 0.660. The maximum atomic E-state index is 11.9. The lowest BCUT2D eigenvalue weighted by Crippen LogP contribution is -2.40. The lowest BCUT2D eigenvalue weighted by Gasteiger charge is -2.11. The molecule has 3 N–H and O–H groups in total. The Hall–Kier alpha value is -0.870. The van der Waals surface area contributed by atoms with E-state index in [0.717, 1.165) is 23.4 Å². The molecule has 0 saturated heterocycles. The summed E-state index contributed by atoms with van der Waals surface area (Å²) in [5, 5.41) is 9.19. The third-order valence-corrected chi connectivity index (χ3v) is 3.39. The molecule has 1 aromatic rings. The predicted octanol–water partition coefficient (Wildman–Crippen LogP) is 2.00. The zero-order valence-corrected chi connectivity index (χ0v) is 17.3. The molecule has 0 bridgehead atoms. The maximum absolute atomic E-state index is 11.9. The molecular weight excluding hydrogens is 475 g/mol. The number of rotatable bonds is 8. The van der Waals surface area contributed by atoms with Crippen molar-refractivity contribution in [1.82, 2.24) is 16.0 Å². The van der Waals surface area contributed by atoms with Gasteiger partial charge in [0, 0.05) is 43.8 Å². The number of ether oxygens (including phenoxy) is 1. The second-order valence-corrected chi connectivity index (χ2v) is 5.45. The van der Waals surface area contributed by atoms with Crippen molar-refractivity contribution in [2.45, 2.75) is 6.42 Å². The van der Waals surface area contributed by atoms with Crippen molar-refractivity contribution in [2.75, 3.05) is 40.4 Å². The fourth-order valence-electron chi connectivity index (χ4n) is 1.69. The molecular formula is C15H24BrIN4O2. The van der Waals surface area contributed by atoms with Crippen molar-refractivity contribution in [2.24, 2.45) is 4.99 Å². The van der Waals surface area contributed by atoms with Crippen LogP contribution in [0.1, 0.15) is 16.8 Å². The second kappa shape index (κ2) is 13.6. The van der Waals surface area contributed by atoms with E-state index in [9.17, 15) is 4.79 Å². The van der Waals surface area contributed by atoms with Crippen LogP contribution in [0.4, 0.5) is 0 Å². The highest BCUT2D eigenvalue weighted by Crippen LogP contribution is 2.10. The first kappa shape index (κ1) is 22.1. The summed E-state index contributed by atoms with van der Waals surface area (Å²) < 4.78 is 5.92. The minimum Gasteiger partial charge on any atom is -0.383 e. The second-order valence-electron chi connectivity index (χ2n) is 4.53. The Kier molecular flexibility index (Phi) is 13.0. The molecule has 6 nitrogen and oxygen atoms in total. The summed E-state index contributed by atoms with van der Waals surface area (Å²) in [7, 11) is 3.38. The Bertz CT molecular complexity index is 483. The molecule has 0 unspecified atom stereocenters. The van der Waals surface area contributed by atoms with E-state index in [2.05, 4.69) is 36.9 Å². The number of aliphatic imine (C=N–C) groups is 1. The van der Waals surface area contributed by atoms with Gasteiger partial charge in [0.05, 0.1) is 6.61 Å². The summed E-state index contributed by atoms with van der Waals surface area (Å²) in [4.78, 5) is 16.0. The van der Waals surface area contributed by atoms with Crippen LogP contribution < -0.4 is 16.0 Å². The van der Waals surface area contributed by atoms with Gasteiger partial charge in [-0.2, -0.15) is 0 Å². The van der Waals surface area contributed by atoms with Crippen LogP contribution >= 0.6 is 39.9 Å². The van der Waals surface area contributed by atoms with E-state index in [4.69, 9.17) is 4.74 Å². The molecule has 0 aliphatic rings. The van der Waals surface area contributed by atoms with E-state index in [1.165, 1.54) is 0 Å². The number of carbonyl (C=O) groups is 1. The van der Waals surface area contributed by atoms with E-state index < -0.39 is 0 Å². The van der Waals surface area contributed by atoms with Gasteiger partial charge >= 0.3 is 0 Å². The molecule has 0 saturated carbocycles. The predicted molar refractivity (Wildman–Crippen MR) is 108 cm³/mol. The van der Waals surface area contributed by atoms with Crippen LogP contribution in [0.5, 0.6) is 0 Å². The van der Waals surface area contributed by atoms with Gasteiger partial charge in [-0.05, 0) is 30.7 Å². The van der Waals surface area contributed by atoms with Gasteiger partial charge in [0.2, 0.25) is 0 Å². The minimum atomic E-state index is -0.0601. The van der Waals surface area contributed by atoms with Gasteiger partial charge < -0.3 is 20.7 Å². The molecule has 0 radical (unpaired) electrons. The van der Waals surface area contributed by atoms with Crippen molar-refractivity contribution in [3.8, 4) is 0 Å². The minimum absolute atomic E-state index is 0. The molecule has 0 spiro atoms. The molecule has 23 heavy (non-hydrogen) atoms. The van der Waals surface area contributed by atoms with Crippen LogP contribution in [-0.4, -0.2) is 52.3 Å². The van der Waals surface area contributed by atoms with E-state index in [-0.39, 0.29) is 29.9 Å². The monoisotopic (exact) mass is 498 g/mol. The quantitative estimate of drug-likeness (QED) is 0.222. The van der Waals surface area contributed by atoms with Crippen LogP contribution in [0.25, 0.3) is 0 Å². The number of carbonyl (C=O) groups excluding carboxylic acids is 1. The molecule has 0 aromatic heterocycles. The summed E-state index contributed by atoms with van der Waals surface area (Å²) >= 11 is 3.35. The number of hydrogen-bond acceptors (Lipinski definition) is 3. The number of guanidine groups is 1. The van der Waals surface area contributed by atoms with Crippen LogP contribution in [0.2, 0.25) is 0 Å². The van der Waals surface area contributed by atoms with Crippen LogP contribution in [0.3, 0.4) is 0 Å². The Morgan fingerprint density at radius 1 is 1.13 bits per heavy atom. The fourth-order valence-corrected chi connectivity index (χ4v) is 1.96. The number of hydrogen-bond donors (Lipinski definition) is 3. The van der Waals surface area contributed by atoms with Crippen LogP contribution in [0, 0.1) is 0 Å². The lowest BCUT2D eigenvalue weighted by atomic mass is 10.2. The molecule has 8 heteroatoms. The van der Waals surface area contributed by atoms with Gasteiger partial charge in [-0.3, -0.25) is 9.79 Å². The molecule has 130 valence electrons. The Morgan fingerprint density at radius 2 is 1.74 bits per heavy atom. The smallest absolute Gasteiger partial charge is 0.251 e. The SMILES string of the molecule is CN=C(NCCCNC(=O)c1ccc(Br)cc1)NCCOC.I. The number of methoxy groups -OCH3 is 1. The molecule has 0 aliphatic carbocycles. The van der Waals surface area contributed by atoms with Gasteiger partial charge in [-0.1, -0.05) is 15.9 Å². The summed E-state index contributed by atoms with van der Waals surface area (Å²) in [5.74, 6) is 0.673. The van der Waals surface area contributed by atoms with Crippen molar-refractivity contribution >= 4 is 51.8 Å². The Balaban J connectivity index is 0.00000484. The summed E-state index contributed by atoms with van der Waals surface area (Å²) in [6.45, 7) is 2.67. The topological polar surface area (TPSA) is 74.8 Å². The maximum Gasteiger partial charge on any atom is 0.251 e. The standard InChI is InChI=1S/C15H23BrN4O2.HI/c1-17-15(20-10-11-22-2)19-9-3-8-18-14(21)12-4-6-13(16)7-5-12;/h4-7H,3,8-11H2,1-2H3,(H,18,21)(H2,17,19,20);1H. The van der Waals surface area contributed by atoms with Crippen molar-refractivity contribution in [3.05, 3.63) is 34.3 Å². The normalized spacial score (nSPS) is 10.7. The molecule has 0 atom stereocenters. The van der Waals surface area contributed by atoms with E-state index >= 15 is 0 Å². The number of nitrogens with one attached hydrogen (secondary N) is 3. The van der Waals surface area contributed by atoms with Crippen molar-refractivity contribution < 1.29 is 9.53 Å². The molecule has 1 aromatic carbocycles. The van der Waals surface area contributed by atoms with Crippen molar-refractivity contribution in [1.29, 1.82) is 0 Å². The first-order valence-corrected chi connectivity index (χ1v) is 7.94. The van der Waals surface area contributed by atoms with Crippen LogP contribution in [-0.2, 0) is 4.74 Å². The average Bonchev–Trinajstić information content (AvgIpc) is 2.53. The highest BCUT2D eigenvalue weighted by molar-refractivity contribution is 14.0. The van der Waals surface area contributed by atoms with E-state index in [1.54, 1.807) is 26.3 Å². The van der Waals surface area contributed by atoms with Crippen molar-refractivity contribution in [3.63, 3.8) is 0 Å². The van der Waals surface area contributed by atoms with Gasteiger partial charge in [-0.25, -0.2) is 0 Å². The van der Waals surface area contributed by atoms with Gasteiger partial charge in [-0.15, -0.1) is 24.0 Å². The molecule has 1 rings (SSSR count). The number of benzene rings is 1. The van der Waals surface area contributed by atoms with Crippen LogP contribution in [0.15, 0.2) is 33.7 Å². The number of halogens is 2. The zero-order chi connectivity index (χ0) is 16.2. The van der Waals surface area contributed by atoms with Gasteiger partial charge in [0.1, 0.15) is 0 Å². The first-order chi connectivity index (χ1) is 10.7. The van der Waals surface area contributed by atoms with Gasteiger partial charge in [0.25, 0.3) is 5.91 Å². The molecule has 0 fully saturated rings. The molecule has 0 heterocycles. The molecule has 1 amide bonds. The number of nitrogens with zero attached hydrogens (tertiary/aromatic N) is 1. The highest BCUT2D eigenvalue weighted by atomic mass is 127. The lowest BCUT2D eigenvalue weighted by molar-refractivity contribution is 0.0953. The largest absolute Gasteiger partial charge is 0.383 e. The average molecular weight is 499 g/mol. The first-order valence-electron chi connectivity index (χ1n) is 7.14. The number of amides is 1. The summed E-state index contributed by atoms with van der Waals surface area (Å²) in [6, 6.07) is 7.29. The third kappa shape index (κ3) is 9.77. The third-order valence-electron chi connectivity index (χ3n) is 2.86. The summed E-state index contributed by atoms with van der Waals surface area (Å²) in [6.07, 6.45) is 0.813. The van der Waals surface area contributed by atoms with Gasteiger partial charge in [0.15, 0.2) is 5.96 Å². The van der Waals surface area contributed by atoms with E-state index in [1.807, 2.05) is 12.1 Å². The Labute approximate surface area is 163 Å². The van der Waals surface area contributed by atoms with E-state index in [0.29, 0.717) is 25.3 Å². The Morgan fingerprint density at radius 3 is 2.35 bits per heavy atom. The highest BCUT2D eigenvalue weighted by Gasteiger charge is 2.04. The zero-order valence-electron chi connectivity index (χ0n) is 13.4. The molecule has 0 aliphatic heterocycles.